The van der Waals surface area contributed by atoms with Gasteiger partial charge in [0.05, 0.1) is 0 Å². The SMILES string of the molecule is C1=CC2c3ccccc3OC2C=C1c1nc(-c2ccccc2)nc(-c2cc(-c3ccc(-c4ccccc4)cc3)cc3oc4ccccc4c23)n1. The highest BCUT2D eigenvalue weighted by atomic mass is 16.5. The van der Waals surface area contributed by atoms with Crippen LogP contribution in [0.5, 0.6) is 5.75 Å². The Kier molecular flexibility index (Phi) is 6.56. The molecule has 5 heteroatoms. The summed E-state index contributed by atoms with van der Waals surface area (Å²) >= 11 is 0. The lowest BCUT2D eigenvalue weighted by Crippen LogP contribution is -2.18. The third-order valence-electron chi connectivity index (χ3n) is 9.69. The van der Waals surface area contributed by atoms with E-state index in [2.05, 4.69) is 97.1 Å². The zero-order chi connectivity index (χ0) is 33.0. The normalized spacial score (nSPS) is 16.2. The van der Waals surface area contributed by atoms with E-state index in [0.29, 0.717) is 17.5 Å². The molecule has 2 aliphatic rings. The summed E-state index contributed by atoms with van der Waals surface area (Å²) in [6.07, 6.45) is 6.35. The van der Waals surface area contributed by atoms with Crippen molar-refractivity contribution >= 4 is 27.5 Å². The number of nitrogens with zero attached hydrogens (tertiary/aromatic N) is 3. The number of hydrogen-bond donors (Lipinski definition) is 0. The Morgan fingerprint density at radius 1 is 0.500 bits per heavy atom. The van der Waals surface area contributed by atoms with E-state index in [9.17, 15) is 0 Å². The smallest absolute Gasteiger partial charge is 0.164 e. The molecule has 0 radical (unpaired) electrons. The Labute approximate surface area is 288 Å². The fourth-order valence-electron chi connectivity index (χ4n) is 7.22. The number of rotatable bonds is 5. The fraction of sp³-hybridized carbons (Fsp3) is 0.0444. The maximum Gasteiger partial charge on any atom is 0.164 e. The minimum atomic E-state index is -0.125. The minimum absolute atomic E-state index is 0.125. The zero-order valence-electron chi connectivity index (χ0n) is 26.9. The first-order valence-electron chi connectivity index (χ1n) is 16.8. The van der Waals surface area contributed by atoms with Crippen LogP contribution in [-0.2, 0) is 0 Å². The van der Waals surface area contributed by atoms with Crippen LogP contribution in [0, 0.1) is 0 Å². The number of hydrogen-bond acceptors (Lipinski definition) is 5. The van der Waals surface area contributed by atoms with Crippen molar-refractivity contribution in [3.8, 4) is 50.8 Å². The van der Waals surface area contributed by atoms with Gasteiger partial charge in [0.25, 0.3) is 0 Å². The minimum Gasteiger partial charge on any atom is -0.485 e. The second-order valence-electron chi connectivity index (χ2n) is 12.7. The standard InChI is InChI=1S/C45H29N3O2/c1-3-11-28(12-4-1)29-19-21-30(22-20-29)33-25-37(42-36-16-8-10-18-39(36)50-41(42)27-33)45-47-43(31-13-5-2-6-14-31)46-44(48-45)32-23-24-35-34-15-7-9-17-38(34)49-40(35)26-32/h1-27,35,40H. The van der Waals surface area contributed by atoms with Gasteiger partial charge in [0, 0.05) is 39.0 Å². The second-order valence-corrected chi connectivity index (χ2v) is 12.7. The maximum atomic E-state index is 6.50. The molecule has 0 saturated carbocycles. The van der Waals surface area contributed by atoms with Crippen LogP contribution in [0.15, 0.2) is 168 Å². The van der Waals surface area contributed by atoms with Gasteiger partial charge in [0.1, 0.15) is 23.0 Å². The summed E-state index contributed by atoms with van der Waals surface area (Å²) in [4.78, 5) is 15.4. The molecule has 0 spiro atoms. The molecule has 2 aromatic heterocycles. The van der Waals surface area contributed by atoms with Crippen LogP contribution >= 0.6 is 0 Å². The Morgan fingerprint density at radius 2 is 1.14 bits per heavy atom. The quantitative estimate of drug-likeness (QED) is 0.187. The van der Waals surface area contributed by atoms with E-state index in [4.69, 9.17) is 24.1 Å². The van der Waals surface area contributed by atoms with Gasteiger partial charge in [-0.3, -0.25) is 0 Å². The molecule has 0 fully saturated rings. The number of furan rings is 1. The molecule has 3 heterocycles. The lowest BCUT2D eigenvalue weighted by molar-refractivity contribution is 0.269. The Balaban J connectivity index is 1.15. The van der Waals surface area contributed by atoms with Gasteiger partial charge in [-0.15, -0.1) is 0 Å². The van der Waals surface area contributed by atoms with Crippen molar-refractivity contribution in [3.05, 3.63) is 175 Å². The summed E-state index contributed by atoms with van der Waals surface area (Å²) in [6, 6.07) is 49.9. The molecular weight excluding hydrogens is 615 g/mol. The first-order valence-corrected chi connectivity index (χ1v) is 16.8. The van der Waals surface area contributed by atoms with E-state index >= 15 is 0 Å². The number of para-hydroxylation sites is 2. The monoisotopic (exact) mass is 643 g/mol. The van der Waals surface area contributed by atoms with Gasteiger partial charge in [0.15, 0.2) is 17.5 Å². The molecule has 2 atom stereocenters. The van der Waals surface area contributed by atoms with Gasteiger partial charge in [-0.2, -0.15) is 0 Å². The summed E-state index contributed by atoms with van der Waals surface area (Å²) in [5.74, 6) is 2.87. The predicted octanol–water partition coefficient (Wildman–Crippen LogP) is 10.9. The highest BCUT2D eigenvalue weighted by Crippen LogP contribution is 2.44. The second kappa shape index (κ2) is 11.5. The molecule has 0 N–H and O–H groups in total. The molecule has 2 unspecified atom stereocenters. The summed E-state index contributed by atoms with van der Waals surface area (Å²) < 4.78 is 12.9. The average Bonchev–Trinajstić information content (AvgIpc) is 3.76. The molecule has 6 aromatic carbocycles. The Bertz CT molecular complexity index is 2620. The lowest BCUT2D eigenvalue weighted by atomic mass is 9.89. The molecule has 0 bridgehead atoms. The van der Waals surface area contributed by atoms with Crippen molar-refractivity contribution < 1.29 is 9.15 Å². The van der Waals surface area contributed by atoms with Crippen molar-refractivity contribution in [1.82, 2.24) is 15.0 Å². The molecule has 0 saturated heterocycles. The van der Waals surface area contributed by atoms with Crippen LogP contribution in [0.2, 0.25) is 0 Å². The first kappa shape index (κ1) is 28.4. The molecule has 8 aromatic rings. The van der Waals surface area contributed by atoms with E-state index in [0.717, 1.165) is 55.5 Å². The molecule has 5 nitrogen and oxygen atoms in total. The van der Waals surface area contributed by atoms with Gasteiger partial charge in [0.2, 0.25) is 0 Å². The van der Waals surface area contributed by atoms with E-state index in [1.165, 1.54) is 16.7 Å². The molecule has 1 aliphatic heterocycles. The van der Waals surface area contributed by atoms with Gasteiger partial charge < -0.3 is 9.15 Å². The highest BCUT2D eigenvalue weighted by molar-refractivity contribution is 6.13. The van der Waals surface area contributed by atoms with E-state index < -0.39 is 0 Å². The lowest BCUT2D eigenvalue weighted by Gasteiger charge is -2.18. The van der Waals surface area contributed by atoms with E-state index in [1.807, 2.05) is 66.7 Å². The first-order chi connectivity index (χ1) is 24.7. The summed E-state index contributed by atoms with van der Waals surface area (Å²) in [6.45, 7) is 0. The molecule has 0 amide bonds. The Hall–Kier alpha value is -6.59. The number of aromatic nitrogens is 3. The zero-order valence-corrected chi connectivity index (χ0v) is 26.9. The highest BCUT2D eigenvalue weighted by Gasteiger charge is 2.33. The maximum absolute atomic E-state index is 6.50. The molecule has 1 aliphatic carbocycles. The van der Waals surface area contributed by atoms with E-state index in [1.54, 1.807) is 0 Å². The van der Waals surface area contributed by atoms with Crippen molar-refractivity contribution in [2.24, 2.45) is 0 Å². The largest absolute Gasteiger partial charge is 0.485 e. The summed E-state index contributed by atoms with van der Waals surface area (Å²) in [5, 5.41) is 1.99. The van der Waals surface area contributed by atoms with Gasteiger partial charge in [-0.1, -0.05) is 133 Å². The average molecular weight is 644 g/mol. The summed E-state index contributed by atoms with van der Waals surface area (Å²) in [7, 11) is 0. The van der Waals surface area contributed by atoms with Crippen LogP contribution < -0.4 is 4.74 Å². The number of fused-ring (bicyclic) bond motifs is 6. The molecule has 50 heavy (non-hydrogen) atoms. The summed E-state index contributed by atoms with van der Waals surface area (Å²) in [5.41, 5.74) is 9.96. The van der Waals surface area contributed by atoms with Crippen LogP contribution in [0.1, 0.15) is 17.3 Å². The Morgan fingerprint density at radius 3 is 1.96 bits per heavy atom. The molecular formula is C45H29N3O2. The predicted molar refractivity (Wildman–Crippen MR) is 200 cm³/mol. The van der Waals surface area contributed by atoms with Crippen LogP contribution in [0.25, 0.3) is 72.5 Å². The number of benzene rings is 6. The van der Waals surface area contributed by atoms with Gasteiger partial charge >= 0.3 is 0 Å². The van der Waals surface area contributed by atoms with Gasteiger partial charge in [-0.05, 0) is 52.6 Å². The van der Waals surface area contributed by atoms with Crippen LogP contribution in [-0.4, -0.2) is 21.1 Å². The van der Waals surface area contributed by atoms with Crippen molar-refractivity contribution in [1.29, 1.82) is 0 Å². The topological polar surface area (TPSA) is 61.0 Å². The van der Waals surface area contributed by atoms with Crippen molar-refractivity contribution in [2.75, 3.05) is 0 Å². The van der Waals surface area contributed by atoms with Crippen molar-refractivity contribution in [2.45, 2.75) is 12.0 Å². The fourth-order valence-corrected chi connectivity index (χ4v) is 7.22. The molecule has 10 rings (SSSR count). The molecule has 236 valence electrons. The van der Waals surface area contributed by atoms with Crippen LogP contribution in [0.3, 0.4) is 0 Å². The van der Waals surface area contributed by atoms with Crippen molar-refractivity contribution in [3.63, 3.8) is 0 Å². The van der Waals surface area contributed by atoms with E-state index in [-0.39, 0.29) is 12.0 Å². The van der Waals surface area contributed by atoms with Gasteiger partial charge in [-0.25, -0.2) is 15.0 Å². The number of ether oxygens (including phenoxy) is 1. The number of allylic oxidation sites excluding steroid dienone is 2. The third-order valence-corrected chi connectivity index (χ3v) is 9.69. The third kappa shape index (κ3) is 4.82. The van der Waals surface area contributed by atoms with Crippen LogP contribution in [0.4, 0.5) is 0 Å².